The number of carbonyl (C=O) groups excluding carboxylic acids is 1. The second-order valence-corrected chi connectivity index (χ2v) is 4.89. The Morgan fingerprint density at radius 3 is 3.10 bits per heavy atom. The predicted molar refractivity (Wildman–Crippen MR) is 75.8 cm³/mol. The fourth-order valence-corrected chi connectivity index (χ4v) is 2.18. The first kappa shape index (κ1) is 13.9. The van der Waals surface area contributed by atoms with Crippen LogP contribution in [0, 0.1) is 0 Å². The third kappa shape index (κ3) is 3.34. The molecule has 0 saturated carbocycles. The number of carbonyl (C=O) groups is 1. The number of furan rings is 1. The number of ether oxygens (including phenoxy) is 2. The van der Waals surface area contributed by atoms with Crippen molar-refractivity contribution in [2.75, 3.05) is 18.5 Å². The highest BCUT2D eigenvalue weighted by Crippen LogP contribution is 2.21. The molecule has 6 nitrogen and oxygen atoms in total. The van der Waals surface area contributed by atoms with Crippen molar-refractivity contribution in [3.63, 3.8) is 0 Å². The largest absolute Gasteiger partial charge is 0.472 e. The normalized spacial score (nSPS) is 17.7. The Balaban J connectivity index is 1.68. The van der Waals surface area contributed by atoms with E-state index in [0.29, 0.717) is 24.8 Å². The van der Waals surface area contributed by atoms with Crippen molar-refractivity contribution in [3.05, 3.63) is 41.4 Å². The molecule has 1 fully saturated rings. The van der Waals surface area contributed by atoms with Crippen molar-refractivity contribution in [2.24, 2.45) is 0 Å². The number of halogens is 1. The molecule has 21 heavy (non-hydrogen) atoms. The molecule has 3 heterocycles. The van der Waals surface area contributed by atoms with Crippen molar-refractivity contribution >= 4 is 23.2 Å². The number of hydrogen-bond acceptors (Lipinski definition) is 5. The highest BCUT2D eigenvalue weighted by atomic mass is 35.5. The molecule has 1 saturated heterocycles. The molecule has 0 unspecified atom stereocenters. The van der Waals surface area contributed by atoms with E-state index in [9.17, 15) is 4.79 Å². The van der Waals surface area contributed by atoms with E-state index in [1.807, 2.05) is 0 Å². The van der Waals surface area contributed by atoms with Gasteiger partial charge in [0.05, 0.1) is 25.0 Å². The van der Waals surface area contributed by atoms with Crippen LogP contribution in [0.3, 0.4) is 0 Å². The van der Waals surface area contributed by atoms with Gasteiger partial charge in [0, 0.05) is 24.4 Å². The molecule has 110 valence electrons. The average Bonchev–Trinajstić information content (AvgIpc) is 3.10. The van der Waals surface area contributed by atoms with Crippen LogP contribution < -0.4 is 10.1 Å². The van der Waals surface area contributed by atoms with Crippen molar-refractivity contribution in [1.82, 2.24) is 4.98 Å². The van der Waals surface area contributed by atoms with Crippen molar-refractivity contribution < 1.29 is 18.7 Å². The van der Waals surface area contributed by atoms with Crippen LogP contribution in [0.4, 0.5) is 5.69 Å². The molecular weight excluding hydrogens is 296 g/mol. The van der Waals surface area contributed by atoms with E-state index in [1.54, 1.807) is 18.3 Å². The van der Waals surface area contributed by atoms with Crippen LogP contribution >= 0.6 is 11.6 Å². The molecule has 0 bridgehead atoms. The van der Waals surface area contributed by atoms with Gasteiger partial charge in [0.25, 0.3) is 5.91 Å². The van der Waals surface area contributed by atoms with E-state index < -0.39 is 0 Å². The number of nitrogens with zero attached hydrogens (tertiary/aromatic N) is 1. The highest BCUT2D eigenvalue weighted by Gasteiger charge is 2.18. The summed E-state index contributed by atoms with van der Waals surface area (Å²) in [6.07, 6.45) is 3.77. The molecule has 0 aliphatic carbocycles. The summed E-state index contributed by atoms with van der Waals surface area (Å²) in [6.45, 7) is 1.25. The van der Waals surface area contributed by atoms with Crippen LogP contribution in [0.25, 0.3) is 0 Å². The first-order chi connectivity index (χ1) is 10.2. The second kappa shape index (κ2) is 6.15. The fourth-order valence-electron chi connectivity index (χ4n) is 1.98. The molecule has 2 aromatic rings. The molecule has 2 aromatic heterocycles. The number of amides is 1. The number of anilines is 1. The van der Waals surface area contributed by atoms with Crippen LogP contribution in [0.15, 0.2) is 35.1 Å². The van der Waals surface area contributed by atoms with Gasteiger partial charge in [0.2, 0.25) is 11.1 Å². The molecule has 0 spiro atoms. The molecule has 3 rings (SSSR count). The minimum absolute atomic E-state index is 0.00627. The smallest absolute Gasteiger partial charge is 0.260 e. The van der Waals surface area contributed by atoms with Gasteiger partial charge in [0.15, 0.2) is 0 Å². The van der Waals surface area contributed by atoms with Gasteiger partial charge in [-0.1, -0.05) is 0 Å². The summed E-state index contributed by atoms with van der Waals surface area (Å²) in [4.78, 5) is 16.1. The maximum absolute atomic E-state index is 12.0. The molecular formula is C14H13ClN2O4. The lowest BCUT2D eigenvalue weighted by Crippen LogP contribution is -2.17. The van der Waals surface area contributed by atoms with Crippen molar-refractivity contribution in [2.45, 2.75) is 12.5 Å². The van der Waals surface area contributed by atoms with E-state index in [0.717, 1.165) is 6.42 Å². The Morgan fingerprint density at radius 1 is 1.48 bits per heavy atom. The predicted octanol–water partition coefficient (Wildman–Crippen LogP) is 2.75. The monoisotopic (exact) mass is 308 g/mol. The van der Waals surface area contributed by atoms with Crippen molar-refractivity contribution in [3.8, 4) is 5.88 Å². The number of pyridine rings is 1. The number of aromatic nitrogens is 1. The van der Waals surface area contributed by atoms with Gasteiger partial charge in [-0.15, -0.1) is 0 Å². The van der Waals surface area contributed by atoms with Crippen LogP contribution in [-0.2, 0) is 4.74 Å². The van der Waals surface area contributed by atoms with Gasteiger partial charge in [-0.3, -0.25) is 4.79 Å². The zero-order valence-electron chi connectivity index (χ0n) is 11.0. The molecule has 1 amide bonds. The molecule has 7 heteroatoms. The lowest BCUT2D eigenvalue weighted by atomic mass is 10.3. The first-order valence-corrected chi connectivity index (χ1v) is 6.85. The topological polar surface area (TPSA) is 73.6 Å². The average molecular weight is 309 g/mol. The maximum atomic E-state index is 12.0. The summed E-state index contributed by atoms with van der Waals surface area (Å²) < 4.78 is 15.8. The fraction of sp³-hybridized carbons (Fsp3) is 0.286. The van der Waals surface area contributed by atoms with E-state index in [2.05, 4.69) is 10.3 Å². The lowest BCUT2D eigenvalue weighted by Gasteiger charge is -2.11. The molecule has 1 atom stereocenters. The van der Waals surface area contributed by atoms with Gasteiger partial charge in [0.1, 0.15) is 6.10 Å². The SMILES string of the molecule is O=C(Nc1ccnc(O[C@H]2CCOC2)c1)c1ccoc1Cl. The Labute approximate surface area is 126 Å². The molecule has 1 aliphatic rings. The molecule has 0 radical (unpaired) electrons. The molecule has 1 aliphatic heterocycles. The van der Waals surface area contributed by atoms with E-state index in [1.165, 1.54) is 12.3 Å². The van der Waals surface area contributed by atoms with Gasteiger partial charge >= 0.3 is 0 Å². The second-order valence-electron chi connectivity index (χ2n) is 4.55. The number of nitrogens with one attached hydrogen (secondary N) is 1. The van der Waals surface area contributed by atoms with Crippen LogP contribution in [0.1, 0.15) is 16.8 Å². The third-order valence-corrected chi connectivity index (χ3v) is 3.32. The van der Waals surface area contributed by atoms with E-state index in [4.69, 9.17) is 25.5 Å². The van der Waals surface area contributed by atoms with Crippen molar-refractivity contribution in [1.29, 1.82) is 0 Å². The number of hydrogen-bond donors (Lipinski definition) is 1. The Morgan fingerprint density at radius 2 is 2.38 bits per heavy atom. The van der Waals surface area contributed by atoms with E-state index >= 15 is 0 Å². The molecule has 1 N–H and O–H groups in total. The zero-order chi connectivity index (χ0) is 14.7. The van der Waals surface area contributed by atoms with E-state index in [-0.39, 0.29) is 22.8 Å². The van der Waals surface area contributed by atoms with Gasteiger partial charge < -0.3 is 19.2 Å². The van der Waals surface area contributed by atoms with Crippen LogP contribution in [0.5, 0.6) is 5.88 Å². The number of rotatable bonds is 4. The van der Waals surface area contributed by atoms with Gasteiger partial charge in [-0.05, 0) is 23.7 Å². The quantitative estimate of drug-likeness (QED) is 0.940. The van der Waals surface area contributed by atoms with Crippen LogP contribution in [-0.4, -0.2) is 30.2 Å². The summed E-state index contributed by atoms with van der Waals surface area (Å²) in [5.74, 6) is 0.0942. The first-order valence-electron chi connectivity index (χ1n) is 6.47. The Bertz CT molecular complexity index is 637. The third-order valence-electron chi connectivity index (χ3n) is 3.03. The summed E-state index contributed by atoms with van der Waals surface area (Å²) >= 11 is 5.77. The highest BCUT2D eigenvalue weighted by molar-refractivity contribution is 6.32. The zero-order valence-corrected chi connectivity index (χ0v) is 11.8. The summed E-state index contributed by atoms with van der Waals surface area (Å²) in [6, 6.07) is 4.83. The van der Waals surface area contributed by atoms with Gasteiger partial charge in [-0.2, -0.15) is 0 Å². The minimum Gasteiger partial charge on any atom is -0.472 e. The summed E-state index contributed by atoms with van der Waals surface area (Å²) in [7, 11) is 0. The summed E-state index contributed by atoms with van der Waals surface area (Å²) in [5, 5.41) is 2.77. The summed E-state index contributed by atoms with van der Waals surface area (Å²) in [5.41, 5.74) is 0.848. The Hall–Kier alpha value is -2.05. The lowest BCUT2D eigenvalue weighted by molar-refractivity contribution is 0.102. The standard InChI is InChI=1S/C14H13ClN2O4/c15-13-11(3-6-20-13)14(18)17-9-1-4-16-12(7-9)21-10-2-5-19-8-10/h1,3-4,6-7,10H,2,5,8H2,(H,16,17,18)/t10-/m0/s1. The van der Waals surface area contributed by atoms with Gasteiger partial charge in [-0.25, -0.2) is 4.98 Å². The maximum Gasteiger partial charge on any atom is 0.260 e. The minimum atomic E-state index is -0.352. The Kier molecular flexibility index (Phi) is 4.08. The molecule has 0 aromatic carbocycles. The van der Waals surface area contributed by atoms with Crippen LogP contribution in [0.2, 0.25) is 5.22 Å².